The van der Waals surface area contributed by atoms with Gasteiger partial charge in [-0.15, -0.1) is 11.3 Å². The van der Waals surface area contributed by atoms with E-state index in [9.17, 15) is 29.5 Å². The molecule has 4 fully saturated rings. The Morgan fingerprint density at radius 2 is 1.66 bits per heavy atom. The number of amides is 4. The van der Waals surface area contributed by atoms with E-state index in [2.05, 4.69) is 64.5 Å². The summed E-state index contributed by atoms with van der Waals surface area (Å²) in [4.78, 5) is 71.2. The van der Waals surface area contributed by atoms with Crippen molar-refractivity contribution in [3.63, 3.8) is 0 Å². The highest BCUT2D eigenvalue weighted by Gasteiger charge is 2.64. The van der Waals surface area contributed by atoms with E-state index in [1.165, 1.54) is 4.90 Å². The molecule has 1 saturated carbocycles. The lowest BCUT2D eigenvalue weighted by Gasteiger charge is -2.63. The Morgan fingerprint density at radius 3 is 2.25 bits per heavy atom. The summed E-state index contributed by atoms with van der Waals surface area (Å²) in [5, 5.41) is 29.5. The third-order valence-electron chi connectivity index (χ3n) is 14.9. The minimum Gasteiger partial charge on any atom is -0.489 e. The minimum atomic E-state index is -0.977. The molecule has 1 aliphatic carbocycles. The molecule has 378 valence electrons. The molecule has 8 rings (SSSR count). The number of benzene rings is 2. The number of fused-ring (bicyclic) bond motifs is 2. The molecule has 0 spiro atoms. The third kappa shape index (κ3) is 10.8. The molecule has 2 bridgehead atoms. The van der Waals surface area contributed by atoms with Gasteiger partial charge >= 0.3 is 0 Å². The molecule has 5 heterocycles. The van der Waals surface area contributed by atoms with E-state index in [0.29, 0.717) is 35.0 Å². The first-order valence-electron chi connectivity index (χ1n) is 24.4. The van der Waals surface area contributed by atoms with Crippen molar-refractivity contribution in [1.82, 2.24) is 35.7 Å². The van der Waals surface area contributed by atoms with Crippen LogP contribution in [0.25, 0.3) is 10.4 Å². The Balaban J connectivity index is 0.805. The van der Waals surface area contributed by atoms with Crippen LogP contribution in [0.1, 0.15) is 108 Å². The monoisotopic (exact) mass is 1010 g/mol. The highest BCUT2D eigenvalue weighted by molar-refractivity contribution is 7.13. The highest BCUT2D eigenvalue weighted by Crippen LogP contribution is 2.55. The van der Waals surface area contributed by atoms with Crippen molar-refractivity contribution in [2.75, 3.05) is 37.9 Å². The lowest BCUT2D eigenvalue weighted by atomic mass is 9.49. The van der Waals surface area contributed by atoms with Crippen LogP contribution >= 0.6 is 22.9 Å². The number of β-amino-alcohol motifs (C(OH)–C–C–N with tert-alkyl or cyclic N) is 1. The lowest BCUT2D eigenvalue weighted by Crippen LogP contribution is -2.74. The van der Waals surface area contributed by atoms with Crippen LogP contribution in [0.3, 0.4) is 0 Å². The first-order chi connectivity index (χ1) is 33.6. The molecule has 0 radical (unpaired) electrons. The predicted octanol–water partition coefficient (Wildman–Crippen LogP) is 6.65. The van der Waals surface area contributed by atoms with Gasteiger partial charge in [-0.05, 0) is 67.5 Å². The van der Waals surface area contributed by atoms with Crippen LogP contribution in [0, 0.1) is 34.5 Å². The van der Waals surface area contributed by atoms with Crippen molar-refractivity contribution in [3.8, 4) is 22.3 Å². The molecule has 18 heteroatoms. The van der Waals surface area contributed by atoms with Crippen LogP contribution in [0.2, 0.25) is 5.02 Å². The number of likely N-dealkylation sites (tertiary alicyclic amines) is 1. The number of aromatic nitrogens is 2. The molecular weight excluding hydrogens is 942 g/mol. The number of halogens is 1. The number of aryl methyl sites for hydroxylation is 1. The van der Waals surface area contributed by atoms with Crippen LogP contribution in [-0.2, 0) is 19.1 Å². The molecular formula is C53H66ClN9O7S. The summed E-state index contributed by atoms with van der Waals surface area (Å²) in [7, 11) is 0. The number of hydrogen-bond acceptors (Lipinski definition) is 13. The SMILES string of the molecule is Cc1ncsc1-c1ccc([C@H](C)NC(=O)C2C[C@@H](O)CN2C(=O)[C@@H](NC(=O)COCN2C3CCC2CN(c2ccc(C(=O)NC4C(C)(C)C(Oc5ccc(C#N)c(Cl)c5)C4(C)C)cn2)C3)C(C)(C)C)cc1. The topological polar surface area (TPSA) is 202 Å². The smallest absolute Gasteiger partial charge is 0.253 e. The van der Waals surface area contributed by atoms with Gasteiger partial charge in [-0.2, -0.15) is 5.26 Å². The van der Waals surface area contributed by atoms with Crippen LogP contribution in [0.15, 0.2) is 66.3 Å². The number of nitrogens with zero attached hydrogens (tertiary/aromatic N) is 6. The molecule has 4 aromatic rings. The van der Waals surface area contributed by atoms with E-state index in [1.54, 1.807) is 35.7 Å². The van der Waals surface area contributed by atoms with Crippen LogP contribution in [-0.4, -0.2) is 124 Å². The molecule has 71 heavy (non-hydrogen) atoms. The predicted molar refractivity (Wildman–Crippen MR) is 272 cm³/mol. The first kappa shape index (κ1) is 51.7. The van der Waals surface area contributed by atoms with Crippen molar-refractivity contribution in [2.24, 2.45) is 16.2 Å². The second-order valence-corrected chi connectivity index (χ2v) is 23.1. The zero-order valence-electron chi connectivity index (χ0n) is 42.0. The number of aliphatic hydroxyl groups excluding tert-OH is 1. The molecule has 3 aliphatic heterocycles. The van der Waals surface area contributed by atoms with Gasteiger partial charge in [0.1, 0.15) is 49.2 Å². The number of anilines is 1. The average molecular weight is 1010 g/mol. The second-order valence-electron chi connectivity index (χ2n) is 21.9. The normalized spacial score (nSPS) is 24.3. The first-order valence-corrected chi connectivity index (χ1v) is 25.6. The van der Waals surface area contributed by atoms with E-state index in [0.717, 1.165) is 40.4 Å². The molecule has 6 atom stereocenters. The van der Waals surface area contributed by atoms with Gasteiger partial charge in [-0.3, -0.25) is 24.1 Å². The summed E-state index contributed by atoms with van der Waals surface area (Å²) >= 11 is 7.84. The number of ether oxygens (including phenoxy) is 2. The number of carbonyl (C=O) groups excluding carboxylic acids is 4. The Morgan fingerprint density at radius 1 is 0.972 bits per heavy atom. The second kappa shape index (κ2) is 20.5. The largest absolute Gasteiger partial charge is 0.489 e. The number of nitriles is 1. The molecule has 4 aliphatic rings. The summed E-state index contributed by atoms with van der Waals surface area (Å²) < 4.78 is 12.4. The number of hydrogen-bond donors (Lipinski definition) is 4. The Hall–Kier alpha value is -5.64. The molecule has 2 aromatic carbocycles. The van der Waals surface area contributed by atoms with E-state index in [4.69, 9.17) is 26.1 Å². The summed E-state index contributed by atoms with van der Waals surface area (Å²) in [6, 6.07) is 16.7. The summed E-state index contributed by atoms with van der Waals surface area (Å²) in [5.74, 6) is -0.120. The van der Waals surface area contributed by atoms with E-state index in [1.807, 2.05) is 76.5 Å². The fourth-order valence-corrected chi connectivity index (χ4v) is 12.4. The molecule has 4 N–H and O–H groups in total. The van der Waals surface area contributed by atoms with Gasteiger partial charge in [-0.1, -0.05) is 84.3 Å². The molecule has 2 aromatic heterocycles. The maximum Gasteiger partial charge on any atom is 0.253 e. The number of aliphatic hydroxyl groups is 1. The van der Waals surface area contributed by atoms with Gasteiger partial charge in [0.2, 0.25) is 17.7 Å². The zero-order valence-corrected chi connectivity index (χ0v) is 43.6. The lowest BCUT2D eigenvalue weighted by molar-refractivity contribution is -0.164. The number of pyridine rings is 1. The third-order valence-corrected chi connectivity index (χ3v) is 16.2. The summed E-state index contributed by atoms with van der Waals surface area (Å²) in [6.07, 6.45) is 2.52. The van der Waals surface area contributed by atoms with Crippen molar-refractivity contribution in [1.29, 1.82) is 5.26 Å². The molecule has 16 nitrogen and oxygen atoms in total. The van der Waals surface area contributed by atoms with Crippen LogP contribution < -0.4 is 25.6 Å². The van der Waals surface area contributed by atoms with Crippen LogP contribution in [0.4, 0.5) is 5.82 Å². The zero-order chi connectivity index (χ0) is 51.2. The summed E-state index contributed by atoms with van der Waals surface area (Å²) in [6.45, 7) is 19.0. The Labute approximate surface area is 425 Å². The van der Waals surface area contributed by atoms with Crippen molar-refractivity contribution < 1.29 is 33.8 Å². The maximum absolute atomic E-state index is 14.2. The van der Waals surface area contributed by atoms with E-state index in [-0.39, 0.29) is 68.4 Å². The van der Waals surface area contributed by atoms with Gasteiger partial charge in [0.25, 0.3) is 5.91 Å². The maximum atomic E-state index is 14.2. The fourth-order valence-electron chi connectivity index (χ4n) is 11.4. The van der Waals surface area contributed by atoms with Crippen molar-refractivity contribution >= 4 is 52.4 Å². The summed E-state index contributed by atoms with van der Waals surface area (Å²) in [5.41, 5.74) is 4.03. The van der Waals surface area contributed by atoms with E-state index >= 15 is 0 Å². The average Bonchev–Trinajstić information content (AvgIpc) is 4.01. The molecule has 3 saturated heterocycles. The van der Waals surface area contributed by atoms with Gasteiger partial charge in [0.15, 0.2) is 0 Å². The Bertz CT molecular complexity index is 2630. The number of rotatable bonds is 15. The minimum absolute atomic E-state index is 0.0224. The Kier molecular flexibility index (Phi) is 14.9. The van der Waals surface area contributed by atoms with Crippen molar-refractivity contribution in [3.05, 3.63) is 93.7 Å². The van der Waals surface area contributed by atoms with Crippen LogP contribution in [0.5, 0.6) is 5.75 Å². The molecule has 4 amide bonds. The van der Waals surface area contributed by atoms with Gasteiger partial charge in [0, 0.05) is 67.3 Å². The number of nitrogens with one attached hydrogen (secondary N) is 3. The quantitative estimate of drug-likeness (QED) is 0.0990. The van der Waals surface area contributed by atoms with Gasteiger partial charge < -0.3 is 40.3 Å². The number of piperazine rings is 1. The highest BCUT2D eigenvalue weighted by atomic mass is 35.5. The fraction of sp³-hybridized carbons (Fsp3) is 0.528. The standard InChI is InChI=1S/C53H66ClN9O7S/c1-30(32-10-12-33(13-11-32)44-31(2)57-28-71-44)58-47(67)41-20-38(64)26-62(41)48(68)45(51(3,4)5)59-43(65)27-69-29-63-36-16-17-37(63)25-61(24-36)42-19-15-35(23-56-42)46(66)60-49-52(6,7)50(53(49,8)9)70-39-18-14-34(22-55)40(54)21-39/h10-15,18-19,21,23,28,30,36-38,41,45,49-50,64H,16-17,20,24-27,29H2,1-9H3,(H,58,67)(H,59,65)(H,60,66)/t30-,36?,37?,38+,41?,45+,49?,50?/m0/s1. The number of thiazole rings is 1. The van der Waals surface area contributed by atoms with Gasteiger partial charge in [0.05, 0.1) is 44.4 Å². The van der Waals surface area contributed by atoms with E-state index < -0.39 is 46.2 Å². The van der Waals surface area contributed by atoms with Crippen molar-refractivity contribution in [2.45, 2.75) is 130 Å². The van der Waals surface area contributed by atoms with Gasteiger partial charge in [-0.25, -0.2) is 9.97 Å². The molecule has 3 unspecified atom stereocenters. The number of carbonyl (C=O) groups is 4.